The summed E-state index contributed by atoms with van der Waals surface area (Å²) in [6, 6.07) is 46.7. The summed E-state index contributed by atoms with van der Waals surface area (Å²) in [5.74, 6) is -0.458. The normalized spacial score (nSPS) is 13.5. The number of esters is 2. The topological polar surface area (TPSA) is 126 Å². The Kier molecular flexibility index (Phi) is 10.8. The summed E-state index contributed by atoms with van der Waals surface area (Å²) >= 11 is 0. The molecule has 1 N–H and O–H groups in total. The van der Waals surface area contributed by atoms with Crippen LogP contribution < -0.4 is 10.2 Å². The third-order valence-electron chi connectivity index (χ3n) is 10.2. The maximum Gasteiger partial charge on any atom is 0.343 e. The zero-order valence-electron chi connectivity index (χ0n) is 32.5. The number of hydrogen-bond acceptors (Lipinski definition) is 10. The number of ether oxygens (including phenoxy) is 3. The van der Waals surface area contributed by atoms with Gasteiger partial charge in [0.25, 0.3) is 0 Å². The predicted molar refractivity (Wildman–Crippen MR) is 220 cm³/mol. The summed E-state index contributed by atoms with van der Waals surface area (Å²) in [5.41, 5.74) is 7.61. The van der Waals surface area contributed by atoms with Crippen LogP contribution in [0.4, 0.5) is 11.4 Å². The maximum absolute atomic E-state index is 13.3. The number of benzene rings is 5. The smallest absolute Gasteiger partial charge is 0.343 e. The number of nitrogens with zero attached hydrogens (tertiary/aromatic N) is 6. The average Bonchev–Trinajstić information content (AvgIpc) is 4.00. The molecule has 0 aliphatic carbocycles. The Morgan fingerprint density at radius 1 is 0.776 bits per heavy atom. The van der Waals surface area contributed by atoms with Crippen molar-refractivity contribution in [3.63, 3.8) is 0 Å². The fourth-order valence-electron chi connectivity index (χ4n) is 7.66. The van der Waals surface area contributed by atoms with E-state index in [0.717, 1.165) is 44.9 Å². The number of tetrazole rings is 1. The van der Waals surface area contributed by atoms with Crippen molar-refractivity contribution < 1.29 is 23.8 Å². The first-order chi connectivity index (χ1) is 28.4. The van der Waals surface area contributed by atoms with E-state index in [1.807, 2.05) is 77.2 Å². The predicted octanol–water partition coefficient (Wildman–Crippen LogP) is 8.10. The number of carbonyl (C=O) groups excluding carboxylic acids is 2. The Balaban J connectivity index is 1.15. The second-order valence-electron chi connectivity index (χ2n) is 13.9. The summed E-state index contributed by atoms with van der Waals surface area (Å²) in [7, 11) is 0. The van der Waals surface area contributed by atoms with Gasteiger partial charge in [-0.25, -0.2) is 9.48 Å². The van der Waals surface area contributed by atoms with E-state index in [0.29, 0.717) is 30.2 Å². The molecule has 0 bridgehead atoms. The van der Waals surface area contributed by atoms with Gasteiger partial charge in [0.05, 0.1) is 22.6 Å². The Bertz CT molecular complexity index is 2410. The van der Waals surface area contributed by atoms with Crippen molar-refractivity contribution in [2.24, 2.45) is 0 Å². The Labute approximate surface area is 336 Å². The monoisotopic (exact) mass is 773 g/mol. The zero-order chi connectivity index (χ0) is 40.1. The minimum atomic E-state index is -0.905. The molecule has 7 aromatic rings. The first-order valence-electron chi connectivity index (χ1n) is 19.3. The van der Waals surface area contributed by atoms with Gasteiger partial charge in [-0.15, -0.1) is 5.10 Å². The van der Waals surface area contributed by atoms with Gasteiger partial charge in [-0.1, -0.05) is 116 Å². The van der Waals surface area contributed by atoms with Crippen molar-refractivity contribution in [2.75, 3.05) is 23.6 Å². The van der Waals surface area contributed by atoms with Crippen LogP contribution in [0.3, 0.4) is 0 Å². The summed E-state index contributed by atoms with van der Waals surface area (Å²) < 4.78 is 20.5. The standard InChI is InChI=1S/C46H43N7O5/c1-4-41(54)57-31-58-44(55)38-22-15-23-39-42(38)52(45(47-39)56-5-2)30-33-24-26-37(27-25-33)51-29-32(3)28-40(51)43-48-49-50-53(43)46(34-16-9-6-10-17-34,35-18-11-7-12-19-35)36-20-13-8-14-21-36/h6-29,45,47H,4-5,30-31H2,1-3H3. The molecule has 1 aliphatic rings. The highest BCUT2D eigenvalue weighted by Gasteiger charge is 2.42. The van der Waals surface area contributed by atoms with E-state index in [9.17, 15) is 9.59 Å². The van der Waals surface area contributed by atoms with Crippen LogP contribution in [0.1, 0.15) is 58.4 Å². The van der Waals surface area contributed by atoms with Gasteiger partial charge in [-0.2, -0.15) is 0 Å². The molecule has 3 heterocycles. The molecule has 5 aromatic carbocycles. The van der Waals surface area contributed by atoms with E-state index < -0.39 is 30.6 Å². The van der Waals surface area contributed by atoms with Crippen LogP contribution in [-0.4, -0.2) is 56.5 Å². The molecule has 1 aliphatic heterocycles. The molecule has 8 rings (SSSR count). The summed E-state index contributed by atoms with van der Waals surface area (Å²) in [6.07, 6.45) is 1.75. The Morgan fingerprint density at radius 3 is 2.02 bits per heavy atom. The molecule has 0 amide bonds. The van der Waals surface area contributed by atoms with Crippen molar-refractivity contribution >= 4 is 23.3 Å². The van der Waals surface area contributed by atoms with Crippen molar-refractivity contribution in [1.82, 2.24) is 24.8 Å². The molecule has 0 spiro atoms. The first-order valence-corrected chi connectivity index (χ1v) is 19.3. The second kappa shape index (κ2) is 16.6. The summed E-state index contributed by atoms with van der Waals surface area (Å²) in [5, 5.41) is 17.2. The van der Waals surface area contributed by atoms with Gasteiger partial charge in [0.1, 0.15) is 5.54 Å². The van der Waals surface area contributed by atoms with Gasteiger partial charge < -0.3 is 29.0 Å². The summed E-state index contributed by atoms with van der Waals surface area (Å²) in [6.45, 7) is 6.07. The molecule has 0 saturated carbocycles. The van der Waals surface area contributed by atoms with E-state index in [-0.39, 0.29) is 6.42 Å². The molecule has 0 radical (unpaired) electrons. The molecule has 2 aromatic heterocycles. The van der Waals surface area contributed by atoms with Crippen LogP contribution >= 0.6 is 0 Å². The Morgan fingerprint density at radius 2 is 1.41 bits per heavy atom. The quantitative estimate of drug-likeness (QED) is 0.0659. The SMILES string of the molecule is CCOC1Nc2cccc(C(=O)OCOC(=O)CC)c2N1Cc1ccc(-n2cc(C)cc2-c2nnnn2C(c2ccccc2)(c2ccccc2)c2ccccc2)cc1. The third-order valence-corrected chi connectivity index (χ3v) is 10.2. The van der Waals surface area contributed by atoms with Crippen LogP contribution in [0.15, 0.2) is 146 Å². The highest BCUT2D eigenvalue weighted by atomic mass is 16.7. The van der Waals surface area contributed by atoms with E-state index in [1.165, 1.54) is 0 Å². The van der Waals surface area contributed by atoms with E-state index in [4.69, 9.17) is 24.5 Å². The number of nitrogens with one attached hydrogen (secondary N) is 1. The molecule has 1 unspecified atom stereocenters. The number of aromatic nitrogens is 5. The molecular weight excluding hydrogens is 731 g/mol. The fourth-order valence-corrected chi connectivity index (χ4v) is 7.66. The molecule has 12 nitrogen and oxygen atoms in total. The van der Waals surface area contributed by atoms with Gasteiger partial charge in [-0.05, 0) is 82.4 Å². The lowest BCUT2D eigenvalue weighted by Gasteiger charge is -2.36. The number of anilines is 2. The largest absolute Gasteiger partial charge is 0.428 e. The lowest BCUT2D eigenvalue weighted by molar-refractivity contribution is -0.151. The minimum absolute atomic E-state index is 0.187. The zero-order valence-corrected chi connectivity index (χ0v) is 32.5. The molecular formula is C46H43N7O5. The van der Waals surface area contributed by atoms with Crippen molar-refractivity contribution in [1.29, 1.82) is 0 Å². The molecule has 292 valence electrons. The average molecular weight is 774 g/mol. The van der Waals surface area contributed by atoms with Crippen LogP contribution in [0.25, 0.3) is 17.2 Å². The van der Waals surface area contributed by atoms with Gasteiger partial charge in [-0.3, -0.25) is 4.79 Å². The number of carbonyl (C=O) groups is 2. The number of hydrogen-bond donors (Lipinski definition) is 1. The first kappa shape index (κ1) is 37.9. The summed E-state index contributed by atoms with van der Waals surface area (Å²) in [4.78, 5) is 26.9. The lowest BCUT2D eigenvalue weighted by atomic mass is 9.77. The van der Waals surface area contributed by atoms with Gasteiger partial charge in [0, 0.05) is 31.5 Å². The van der Waals surface area contributed by atoms with Crippen molar-refractivity contribution in [2.45, 2.75) is 45.6 Å². The molecule has 58 heavy (non-hydrogen) atoms. The molecule has 1 atom stereocenters. The fraction of sp³-hybridized carbons (Fsp3) is 0.196. The highest BCUT2D eigenvalue weighted by molar-refractivity contribution is 6.00. The molecule has 0 saturated heterocycles. The third kappa shape index (κ3) is 7.09. The second-order valence-corrected chi connectivity index (χ2v) is 13.9. The number of para-hydroxylation sites is 1. The van der Waals surface area contributed by atoms with Gasteiger partial charge in [0.15, 0.2) is 0 Å². The van der Waals surface area contributed by atoms with Gasteiger partial charge >= 0.3 is 11.9 Å². The van der Waals surface area contributed by atoms with Gasteiger partial charge in [0.2, 0.25) is 19.0 Å². The number of rotatable bonds is 14. The minimum Gasteiger partial charge on any atom is -0.428 e. The van der Waals surface area contributed by atoms with E-state index >= 15 is 0 Å². The number of fused-ring (bicyclic) bond motifs is 1. The van der Waals surface area contributed by atoms with Crippen LogP contribution in [0, 0.1) is 6.92 Å². The number of aryl methyl sites for hydroxylation is 1. The van der Waals surface area contributed by atoms with Crippen molar-refractivity contribution in [3.05, 3.63) is 179 Å². The lowest BCUT2D eigenvalue weighted by Crippen LogP contribution is -2.39. The highest BCUT2D eigenvalue weighted by Crippen LogP contribution is 2.43. The van der Waals surface area contributed by atoms with Crippen LogP contribution in [0.2, 0.25) is 0 Å². The maximum atomic E-state index is 13.3. The molecule has 0 fully saturated rings. The van der Waals surface area contributed by atoms with Crippen LogP contribution in [0.5, 0.6) is 0 Å². The van der Waals surface area contributed by atoms with E-state index in [2.05, 4.69) is 94.9 Å². The van der Waals surface area contributed by atoms with E-state index in [1.54, 1.807) is 19.1 Å². The van der Waals surface area contributed by atoms with Crippen LogP contribution in [-0.2, 0) is 31.1 Å². The molecule has 12 heteroatoms. The van der Waals surface area contributed by atoms with Crippen molar-refractivity contribution in [3.8, 4) is 17.2 Å². The Hall–Kier alpha value is -7.05.